The number of nitrogens with zero attached hydrogens (tertiary/aromatic N) is 2. The Morgan fingerprint density at radius 2 is 2.00 bits per heavy atom. The normalized spacial score (nSPS) is 22.6. The van der Waals surface area contributed by atoms with Gasteiger partial charge in [-0.05, 0) is 43.2 Å². The summed E-state index contributed by atoms with van der Waals surface area (Å²) in [4.78, 5) is 0. The van der Waals surface area contributed by atoms with Crippen LogP contribution in [0.4, 0.5) is 0 Å². The van der Waals surface area contributed by atoms with E-state index in [0.29, 0.717) is 11.8 Å². The van der Waals surface area contributed by atoms with Crippen LogP contribution in [0.2, 0.25) is 0 Å². The molecular weight excluding hydrogens is 248 g/mol. The molecule has 1 fully saturated rings. The SMILES string of the molecule is CCc1nnc(C)cc1C(O)C1CC1c1ccccc1. The van der Waals surface area contributed by atoms with Crippen LogP contribution in [0, 0.1) is 12.8 Å². The van der Waals surface area contributed by atoms with Gasteiger partial charge in [0, 0.05) is 5.56 Å². The van der Waals surface area contributed by atoms with E-state index in [1.165, 1.54) is 5.56 Å². The minimum atomic E-state index is -0.427. The zero-order valence-corrected chi connectivity index (χ0v) is 12.0. The standard InChI is InChI=1S/C17H20N2O/c1-3-16-15(9-11(2)18-19-16)17(20)14-10-13(14)12-7-5-4-6-8-12/h4-9,13-14,17,20H,3,10H2,1-2H3. The quantitative estimate of drug-likeness (QED) is 0.926. The Labute approximate surface area is 119 Å². The van der Waals surface area contributed by atoms with Gasteiger partial charge in [0.15, 0.2) is 0 Å². The average Bonchev–Trinajstić information content (AvgIpc) is 3.28. The van der Waals surface area contributed by atoms with Gasteiger partial charge in [-0.1, -0.05) is 37.3 Å². The Hall–Kier alpha value is -1.74. The highest BCUT2D eigenvalue weighted by atomic mass is 16.3. The van der Waals surface area contributed by atoms with E-state index in [1.54, 1.807) is 0 Å². The Morgan fingerprint density at radius 1 is 1.25 bits per heavy atom. The van der Waals surface area contributed by atoms with Gasteiger partial charge in [0.05, 0.1) is 17.5 Å². The molecule has 104 valence electrons. The molecule has 1 aromatic carbocycles. The molecule has 0 radical (unpaired) electrons. The molecule has 0 aliphatic heterocycles. The number of aryl methyl sites for hydroxylation is 2. The first-order valence-corrected chi connectivity index (χ1v) is 7.26. The lowest BCUT2D eigenvalue weighted by Gasteiger charge is -2.14. The minimum absolute atomic E-state index is 0.311. The topological polar surface area (TPSA) is 46.0 Å². The van der Waals surface area contributed by atoms with Crippen molar-refractivity contribution in [2.75, 3.05) is 0 Å². The number of benzene rings is 1. The van der Waals surface area contributed by atoms with Gasteiger partial charge in [0.1, 0.15) is 0 Å². The lowest BCUT2D eigenvalue weighted by Crippen LogP contribution is -2.08. The first-order valence-electron chi connectivity index (χ1n) is 7.26. The molecule has 0 saturated heterocycles. The van der Waals surface area contributed by atoms with Gasteiger partial charge in [-0.2, -0.15) is 10.2 Å². The van der Waals surface area contributed by atoms with Crippen molar-refractivity contribution in [3.63, 3.8) is 0 Å². The molecular formula is C17H20N2O. The lowest BCUT2D eigenvalue weighted by molar-refractivity contribution is 0.149. The van der Waals surface area contributed by atoms with Crippen LogP contribution in [0.15, 0.2) is 36.4 Å². The van der Waals surface area contributed by atoms with Crippen molar-refractivity contribution in [3.05, 3.63) is 58.9 Å². The highest BCUT2D eigenvalue weighted by molar-refractivity contribution is 5.31. The van der Waals surface area contributed by atoms with Crippen molar-refractivity contribution in [1.29, 1.82) is 0 Å². The summed E-state index contributed by atoms with van der Waals surface area (Å²) >= 11 is 0. The van der Waals surface area contributed by atoms with Gasteiger partial charge in [-0.3, -0.25) is 0 Å². The van der Waals surface area contributed by atoms with E-state index in [2.05, 4.69) is 41.4 Å². The molecule has 20 heavy (non-hydrogen) atoms. The molecule has 1 heterocycles. The second kappa shape index (κ2) is 5.33. The third kappa shape index (κ3) is 2.46. The zero-order valence-electron chi connectivity index (χ0n) is 12.0. The highest BCUT2D eigenvalue weighted by Crippen LogP contribution is 2.54. The van der Waals surface area contributed by atoms with Crippen molar-refractivity contribution < 1.29 is 5.11 Å². The molecule has 3 heteroatoms. The largest absolute Gasteiger partial charge is 0.388 e. The van der Waals surface area contributed by atoms with E-state index in [1.807, 2.05) is 19.1 Å². The Kier molecular flexibility index (Phi) is 3.53. The summed E-state index contributed by atoms with van der Waals surface area (Å²) in [5.74, 6) is 0.788. The van der Waals surface area contributed by atoms with Gasteiger partial charge in [0.25, 0.3) is 0 Å². The van der Waals surface area contributed by atoms with Crippen molar-refractivity contribution >= 4 is 0 Å². The van der Waals surface area contributed by atoms with Crippen LogP contribution in [0.25, 0.3) is 0 Å². The summed E-state index contributed by atoms with van der Waals surface area (Å²) in [6.07, 6.45) is 1.43. The molecule has 0 bridgehead atoms. The number of hydrogen-bond donors (Lipinski definition) is 1. The van der Waals surface area contributed by atoms with Crippen molar-refractivity contribution in [2.45, 2.75) is 38.7 Å². The summed E-state index contributed by atoms with van der Waals surface area (Å²) in [5.41, 5.74) is 4.08. The molecule has 2 aromatic rings. The van der Waals surface area contributed by atoms with Crippen LogP contribution in [0.5, 0.6) is 0 Å². The fourth-order valence-corrected chi connectivity index (χ4v) is 2.94. The number of rotatable bonds is 4. The van der Waals surface area contributed by atoms with Crippen molar-refractivity contribution in [3.8, 4) is 0 Å². The van der Waals surface area contributed by atoms with Crippen LogP contribution >= 0.6 is 0 Å². The van der Waals surface area contributed by atoms with Crippen LogP contribution in [0.1, 0.15) is 47.9 Å². The smallest absolute Gasteiger partial charge is 0.0843 e. The van der Waals surface area contributed by atoms with Gasteiger partial charge >= 0.3 is 0 Å². The maximum absolute atomic E-state index is 10.7. The van der Waals surface area contributed by atoms with Crippen LogP contribution < -0.4 is 0 Å². The first-order chi connectivity index (χ1) is 9.70. The van der Waals surface area contributed by atoms with Crippen molar-refractivity contribution in [1.82, 2.24) is 10.2 Å². The molecule has 1 saturated carbocycles. The molecule has 1 aliphatic carbocycles. The number of aromatic nitrogens is 2. The van der Waals surface area contributed by atoms with Gasteiger partial charge in [0.2, 0.25) is 0 Å². The molecule has 0 spiro atoms. The molecule has 1 aromatic heterocycles. The predicted molar refractivity (Wildman–Crippen MR) is 78.4 cm³/mol. The molecule has 3 nitrogen and oxygen atoms in total. The molecule has 1 N–H and O–H groups in total. The summed E-state index contributed by atoms with van der Waals surface area (Å²) < 4.78 is 0. The monoisotopic (exact) mass is 268 g/mol. The summed E-state index contributed by atoms with van der Waals surface area (Å²) in [7, 11) is 0. The van der Waals surface area contributed by atoms with E-state index in [9.17, 15) is 5.11 Å². The molecule has 0 amide bonds. The van der Waals surface area contributed by atoms with E-state index in [-0.39, 0.29) is 0 Å². The summed E-state index contributed by atoms with van der Waals surface area (Å²) in [6.45, 7) is 3.97. The van der Waals surface area contributed by atoms with Crippen LogP contribution in [-0.4, -0.2) is 15.3 Å². The highest BCUT2D eigenvalue weighted by Gasteiger charge is 2.44. The third-order valence-corrected chi connectivity index (χ3v) is 4.15. The van der Waals surface area contributed by atoms with E-state index >= 15 is 0 Å². The van der Waals surface area contributed by atoms with Crippen LogP contribution in [-0.2, 0) is 6.42 Å². The van der Waals surface area contributed by atoms with Crippen LogP contribution in [0.3, 0.4) is 0 Å². The van der Waals surface area contributed by atoms with E-state index < -0.39 is 6.10 Å². The van der Waals surface area contributed by atoms with E-state index in [4.69, 9.17) is 0 Å². The lowest BCUT2D eigenvalue weighted by atomic mass is 9.99. The maximum atomic E-state index is 10.7. The molecule has 3 unspecified atom stereocenters. The average molecular weight is 268 g/mol. The van der Waals surface area contributed by atoms with E-state index in [0.717, 1.165) is 29.8 Å². The zero-order chi connectivity index (χ0) is 14.1. The van der Waals surface area contributed by atoms with Gasteiger partial charge < -0.3 is 5.11 Å². The second-order valence-corrected chi connectivity index (χ2v) is 5.60. The molecule has 3 atom stereocenters. The Morgan fingerprint density at radius 3 is 2.70 bits per heavy atom. The van der Waals surface area contributed by atoms with Crippen molar-refractivity contribution in [2.24, 2.45) is 5.92 Å². The number of hydrogen-bond acceptors (Lipinski definition) is 3. The summed E-state index contributed by atoms with van der Waals surface area (Å²) in [6, 6.07) is 12.4. The van der Waals surface area contributed by atoms with Gasteiger partial charge in [-0.15, -0.1) is 0 Å². The maximum Gasteiger partial charge on any atom is 0.0843 e. The summed E-state index contributed by atoms with van der Waals surface area (Å²) in [5, 5.41) is 19.0. The van der Waals surface area contributed by atoms with Gasteiger partial charge in [-0.25, -0.2) is 0 Å². The Balaban J connectivity index is 1.81. The fourth-order valence-electron chi connectivity index (χ4n) is 2.94. The molecule has 3 rings (SSSR count). The fraction of sp³-hybridized carbons (Fsp3) is 0.412. The predicted octanol–water partition coefficient (Wildman–Crippen LogP) is 3.18. The Bertz CT molecular complexity index is 597. The second-order valence-electron chi connectivity index (χ2n) is 5.60. The number of aliphatic hydroxyl groups is 1. The number of aliphatic hydroxyl groups excluding tert-OH is 1. The third-order valence-electron chi connectivity index (χ3n) is 4.15. The molecule has 1 aliphatic rings. The first kappa shape index (κ1) is 13.3. The minimum Gasteiger partial charge on any atom is -0.388 e.